The van der Waals surface area contributed by atoms with E-state index in [9.17, 15) is 9.18 Å². The number of fused-ring (bicyclic) bond motifs is 1. The maximum Gasteiger partial charge on any atom is 0.258 e. The van der Waals surface area contributed by atoms with E-state index in [0.717, 1.165) is 37.2 Å². The minimum atomic E-state index is -0.197. The average molecular weight is 372 g/mol. The Morgan fingerprint density at radius 1 is 1.19 bits per heavy atom. The fourth-order valence-corrected chi connectivity index (χ4v) is 3.77. The number of hydrogen-bond acceptors (Lipinski definition) is 3. The lowest BCUT2D eigenvalue weighted by Crippen LogP contribution is -2.24. The Hall–Kier alpha value is -2.24. The summed E-state index contributed by atoms with van der Waals surface area (Å²) in [6, 6.07) is 11.8. The molecule has 3 aromatic rings. The second-order valence-electron chi connectivity index (χ2n) is 6.88. The summed E-state index contributed by atoms with van der Waals surface area (Å²) in [5.41, 5.74) is 2.44. The van der Waals surface area contributed by atoms with Crippen molar-refractivity contribution in [2.24, 2.45) is 5.92 Å². The van der Waals surface area contributed by atoms with Crippen molar-refractivity contribution in [3.05, 3.63) is 81.1 Å². The maximum atomic E-state index is 13.0. The lowest BCUT2D eigenvalue weighted by Gasteiger charge is -2.16. The summed E-state index contributed by atoms with van der Waals surface area (Å²) >= 11 is 5.94. The van der Waals surface area contributed by atoms with E-state index in [0.29, 0.717) is 23.1 Å². The van der Waals surface area contributed by atoms with Gasteiger partial charge in [0.1, 0.15) is 11.5 Å². The fraction of sp³-hybridized carbons (Fsp3) is 0.300. The molecule has 3 heterocycles. The summed E-state index contributed by atoms with van der Waals surface area (Å²) in [5, 5.41) is 0.511. The van der Waals surface area contributed by atoms with Crippen LogP contribution in [0.5, 0.6) is 0 Å². The van der Waals surface area contributed by atoms with Gasteiger partial charge in [-0.2, -0.15) is 0 Å². The number of aromatic nitrogens is 2. The van der Waals surface area contributed by atoms with Gasteiger partial charge in [-0.1, -0.05) is 23.7 Å². The second kappa shape index (κ2) is 7.17. The normalized spacial score (nSPS) is 17.8. The van der Waals surface area contributed by atoms with Gasteiger partial charge in [0, 0.05) is 25.4 Å². The van der Waals surface area contributed by atoms with E-state index in [-0.39, 0.29) is 11.4 Å². The predicted octanol–water partition coefficient (Wildman–Crippen LogP) is 3.55. The van der Waals surface area contributed by atoms with Crippen LogP contribution in [0.1, 0.15) is 17.7 Å². The highest BCUT2D eigenvalue weighted by Gasteiger charge is 2.23. The van der Waals surface area contributed by atoms with Gasteiger partial charge >= 0.3 is 0 Å². The molecule has 1 atom stereocenters. The number of pyridine rings is 1. The number of likely N-dealkylation sites (tertiary alicyclic amines) is 1. The molecule has 0 radical (unpaired) electrons. The minimum Gasteiger partial charge on any atom is -0.297 e. The molecule has 4 nitrogen and oxygen atoms in total. The number of benzene rings is 1. The molecule has 0 amide bonds. The highest BCUT2D eigenvalue weighted by molar-refractivity contribution is 6.30. The molecule has 0 saturated carbocycles. The van der Waals surface area contributed by atoms with Crippen LogP contribution >= 0.6 is 11.6 Å². The molecule has 1 unspecified atom stereocenters. The Balaban J connectivity index is 1.43. The molecule has 6 heteroatoms. The average Bonchev–Trinajstić information content (AvgIpc) is 3.05. The molecule has 2 aromatic heterocycles. The van der Waals surface area contributed by atoms with Crippen LogP contribution < -0.4 is 5.56 Å². The lowest BCUT2D eigenvalue weighted by molar-refractivity contribution is 0.312. The molecule has 0 aliphatic carbocycles. The van der Waals surface area contributed by atoms with E-state index >= 15 is 0 Å². The Bertz CT molecular complexity index is 987. The van der Waals surface area contributed by atoms with Crippen LogP contribution in [0.4, 0.5) is 4.39 Å². The molecule has 4 rings (SSSR count). The van der Waals surface area contributed by atoms with Gasteiger partial charge in [-0.15, -0.1) is 0 Å². The van der Waals surface area contributed by atoms with Crippen LogP contribution in [0, 0.1) is 11.7 Å². The van der Waals surface area contributed by atoms with Crippen LogP contribution in [0.2, 0.25) is 5.02 Å². The van der Waals surface area contributed by atoms with Crippen LogP contribution in [0.15, 0.2) is 53.5 Å². The number of rotatable bonds is 4. The smallest absolute Gasteiger partial charge is 0.258 e. The first kappa shape index (κ1) is 17.2. The Morgan fingerprint density at radius 3 is 2.81 bits per heavy atom. The molecular weight excluding hydrogens is 353 g/mol. The Morgan fingerprint density at radius 2 is 2.00 bits per heavy atom. The summed E-state index contributed by atoms with van der Waals surface area (Å²) in [5.74, 6) is 0.345. The van der Waals surface area contributed by atoms with Crippen molar-refractivity contribution in [1.29, 1.82) is 0 Å². The van der Waals surface area contributed by atoms with E-state index in [2.05, 4.69) is 9.88 Å². The maximum absolute atomic E-state index is 13.0. The number of halogens is 2. The van der Waals surface area contributed by atoms with Crippen molar-refractivity contribution in [2.75, 3.05) is 13.1 Å². The SMILES string of the molecule is O=c1cc(CN2CCC(Cc3ccc(F)cc3)C2)nc2ccc(Cl)cn12. The Labute approximate surface area is 155 Å². The van der Waals surface area contributed by atoms with Crippen molar-refractivity contribution < 1.29 is 4.39 Å². The van der Waals surface area contributed by atoms with Crippen molar-refractivity contribution in [3.8, 4) is 0 Å². The molecule has 0 spiro atoms. The van der Waals surface area contributed by atoms with Crippen LogP contribution in [-0.4, -0.2) is 27.4 Å². The van der Waals surface area contributed by atoms with E-state index < -0.39 is 0 Å². The second-order valence-corrected chi connectivity index (χ2v) is 7.32. The predicted molar refractivity (Wildman–Crippen MR) is 100.0 cm³/mol. The van der Waals surface area contributed by atoms with Crippen molar-refractivity contribution in [2.45, 2.75) is 19.4 Å². The van der Waals surface area contributed by atoms with E-state index in [1.54, 1.807) is 24.4 Å². The molecule has 1 saturated heterocycles. The van der Waals surface area contributed by atoms with Gasteiger partial charge < -0.3 is 0 Å². The highest BCUT2D eigenvalue weighted by atomic mass is 35.5. The summed E-state index contributed by atoms with van der Waals surface area (Å²) in [4.78, 5) is 19.2. The van der Waals surface area contributed by atoms with E-state index in [1.807, 2.05) is 12.1 Å². The largest absolute Gasteiger partial charge is 0.297 e. The molecule has 1 aromatic carbocycles. The quantitative estimate of drug-likeness (QED) is 0.703. The van der Waals surface area contributed by atoms with Crippen LogP contribution in [0.25, 0.3) is 5.65 Å². The first-order valence-electron chi connectivity index (χ1n) is 8.71. The minimum absolute atomic E-state index is 0.116. The van der Waals surface area contributed by atoms with E-state index in [4.69, 9.17) is 11.6 Å². The number of hydrogen-bond donors (Lipinski definition) is 0. The Kier molecular flexibility index (Phi) is 4.74. The van der Waals surface area contributed by atoms with Crippen LogP contribution in [0.3, 0.4) is 0 Å². The summed E-state index contributed by atoms with van der Waals surface area (Å²) in [7, 11) is 0. The van der Waals surface area contributed by atoms with Gasteiger partial charge in [0.05, 0.1) is 10.7 Å². The monoisotopic (exact) mass is 371 g/mol. The molecule has 1 aliphatic heterocycles. The van der Waals surface area contributed by atoms with Crippen LogP contribution in [-0.2, 0) is 13.0 Å². The van der Waals surface area contributed by atoms with E-state index in [1.165, 1.54) is 16.5 Å². The summed E-state index contributed by atoms with van der Waals surface area (Å²) in [6.45, 7) is 2.60. The van der Waals surface area contributed by atoms with Gasteiger partial charge in [-0.25, -0.2) is 9.37 Å². The van der Waals surface area contributed by atoms with Gasteiger partial charge in [0.15, 0.2) is 0 Å². The zero-order chi connectivity index (χ0) is 18.1. The van der Waals surface area contributed by atoms with Crippen molar-refractivity contribution in [1.82, 2.24) is 14.3 Å². The third kappa shape index (κ3) is 3.79. The first-order valence-corrected chi connectivity index (χ1v) is 9.09. The fourth-order valence-electron chi connectivity index (χ4n) is 3.61. The first-order chi connectivity index (χ1) is 12.6. The topological polar surface area (TPSA) is 37.6 Å². The molecule has 26 heavy (non-hydrogen) atoms. The van der Waals surface area contributed by atoms with Crippen molar-refractivity contribution >= 4 is 17.2 Å². The zero-order valence-electron chi connectivity index (χ0n) is 14.2. The highest BCUT2D eigenvalue weighted by Crippen LogP contribution is 2.22. The molecule has 1 fully saturated rings. The van der Waals surface area contributed by atoms with Gasteiger partial charge in [0.2, 0.25) is 0 Å². The van der Waals surface area contributed by atoms with Gasteiger partial charge in [-0.05, 0) is 55.1 Å². The lowest BCUT2D eigenvalue weighted by atomic mass is 9.99. The molecule has 0 N–H and O–H groups in total. The summed E-state index contributed by atoms with van der Waals surface area (Å²) < 4.78 is 14.5. The van der Waals surface area contributed by atoms with Gasteiger partial charge in [0.25, 0.3) is 5.56 Å². The standard InChI is InChI=1S/C20H19ClFN3O/c21-16-3-6-19-23-18(10-20(26)25(19)12-16)13-24-8-7-15(11-24)9-14-1-4-17(22)5-2-14/h1-6,10,12,15H,7-9,11,13H2. The molecule has 1 aliphatic rings. The third-order valence-electron chi connectivity index (χ3n) is 4.87. The third-order valence-corrected chi connectivity index (χ3v) is 5.09. The molecule has 0 bridgehead atoms. The number of nitrogens with zero attached hydrogens (tertiary/aromatic N) is 3. The zero-order valence-corrected chi connectivity index (χ0v) is 15.0. The molecular formula is C20H19ClFN3O. The molecule has 134 valence electrons. The summed E-state index contributed by atoms with van der Waals surface area (Å²) in [6.07, 6.45) is 3.63. The van der Waals surface area contributed by atoms with Crippen molar-refractivity contribution in [3.63, 3.8) is 0 Å². The van der Waals surface area contributed by atoms with Gasteiger partial charge in [-0.3, -0.25) is 14.1 Å².